The number of unbranched alkanes of at least 4 members (excludes halogenated alkanes) is 63. The van der Waals surface area contributed by atoms with E-state index >= 15 is 0 Å². The fourth-order valence-electron chi connectivity index (χ4n) is 11.3. The molecule has 0 aromatic heterocycles. The molecular weight excluding hydrogens is 1360 g/mol. The summed E-state index contributed by atoms with van der Waals surface area (Å²) in [5.74, 6) is 0. The Labute approximate surface area is 772 Å². The average molecular weight is 1550 g/mol. The van der Waals surface area contributed by atoms with Gasteiger partial charge in [-0.2, -0.15) is 37.0 Å². The molecule has 0 radical (unpaired) electrons. The topological polar surface area (TPSA) is 0 Å². The molecule has 1 unspecified atom stereocenters. The largest absolute Gasteiger partial charge is 1.00 e. The first-order valence-electron chi connectivity index (χ1n) is 42.5. The molecule has 0 nitrogen and oxygen atoms in total. The fraction of sp³-hybridized carbons (Fsp3) is 1.00. The smallest absolute Gasteiger partial charge is 0.558 e. The molecular formula is C84H183Na6P7. The van der Waals surface area contributed by atoms with Gasteiger partial charge in [0.2, 0.25) is 0 Å². The van der Waals surface area contributed by atoms with Gasteiger partial charge in [-0.1, -0.05) is 492 Å². The second-order valence-electron chi connectivity index (χ2n) is 27.6. The van der Waals surface area contributed by atoms with Crippen LogP contribution in [0.4, 0.5) is 0 Å². The molecule has 0 aromatic rings. The molecule has 0 heterocycles. The van der Waals surface area contributed by atoms with Gasteiger partial charge in [0.25, 0.3) is 0 Å². The first-order chi connectivity index (χ1) is 44.9. The maximum atomic E-state index is 3.50. The molecule has 0 saturated heterocycles. The van der Waals surface area contributed by atoms with Crippen LogP contribution in [0.15, 0.2) is 0 Å². The van der Waals surface area contributed by atoms with Gasteiger partial charge in [-0.25, -0.2) is 0 Å². The average Bonchev–Trinajstić information content (AvgIpc) is 3.57. The zero-order chi connectivity index (χ0) is 68.4. The summed E-state index contributed by atoms with van der Waals surface area (Å²) in [5, 5.41) is 0. The van der Waals surface area contributed by atoms with Gasteiger partial charge in [-0.3, -0.25) is 0 Å². The molecule has 0 bridgehead atoms. The first-order valence-corrected chi connectivity index (χ1v) is 47.5. The van der Waals surface area contributed by atoms with Crippen molar-refractivity contribution < 1.29 is 177 Å². The predicted molar refractivity (Wildman–Crippen MR) is 457 cm³/mol. The Morgan fingerprint density at radius 3 is 0.268 bits per heavy atom. The van der Waals surface area contributed by atoms with E-state index in [1.165, 1.54) is 493 Å². The van der Waals surface area contributed by atoms with Crippen LogP contribution in [0.25, 0.3) is 0 Å². The summed E-state index contributed by atoms with van der Waals surface area (Å²) >= 11 is 0. The second kappa shape index (κ2) is 154. The molecule has 1 atom stereocenters. The Morgan fingerprint density at radius 2 is 0.196 bits per heavy atom. The number of hydrogen-bond donors (Lipinski definition) is 0. The minimum atomic E-state index is 0. The van der Waals surface area contributed by atoms with E-state index in [1.807, 2.05) is 0 Å². The standard InChI is InChI=1S/C12H27P.6C12H26P.6Na/c7*1-2-3-4-5-6-7-8-9-10-11-12-13;;;;;;/h2-13H2,1H3;6*13H,2-12H2,1H3;;;;;;/q;6*-1;6*+1. The van der Waals surface area contributed by atoms with Crippen molar-refractivity contribution in [1.29, 1.82) is 0 Å². The van der Waals surface area contributed by atoms with Crippen molar-refractivity contribution in [2.45, 2.75) is 498 Å². The normalized spacial score (nSPS) is 9.96. The molecule has 0 aliphatic rings. The van der Waals surface area contributed by atoms with E-state index in [1.54, 1.807) is 0 Å². The fourth-order valence-corrected chi connectivity index (χ4v) is 13.1. The summed E-state index contributed by atoms with van der Waals surface area (Å²) in [6.07, 6.45) is 109. The molecule has 0 fully saturated rings. The molecule has 0 rings (SSSR count). The third kappa shape index (κ3) is 178. The van der Waals surface area contributed by atoms with Gasteiger partial charge >= 0.3 is 177 Å². The van der Waals surface area contributed by atoms with E-state index in [0.717, 1.165) is 0 Å². The maximum absolute atomic E-state index is 3.50. The molecule has 0 aliphatic heterocycles. The number of hydrogen-bond acceptors (Lipinski definition) is 0. The second-order valence-corrected chi connectivity index (χ2v) is 31.1. The van der Waals surface area contributed by atoms with Crippen molar-refractivity contribution in [3.63, 3.8) is 0 Å². The summed E-state index contributed by atoms with van der Waals surface area (Å²) in [6, 6.07) is 0. The van der Waals surface area contributed by atoms with Crippen molar-refractivity contribution in [1.82, 2.24) is 0 Å². The quantitative estimate of drug-likeness (QED) is 0.0323. The summed E-state index contributed by atoms with van der Waals surface area (Å²) in [7, 11) is 23.8. The molecule has 97 heavy (non-hydrogen) atoms. The van der Waals surface area contributed by atoms with Crippen LogP contribution in [-0.2, 0) is 0 Å². The molecule has 0 spiro atoms. The van der Waals surface area contributed by atoms with E-state index in [-0.39, 0.29) is 177 Å². The van der Waals surface area contributed by atoms with Crippen molar-refractivity contribution in [2.75, 3.05) is 43.1 Å². The Morgan fingerprint density at radius 1 is 0.124 bits per heavy atom. The monoisotopic (exact) mass is 1550 g/mol. The first kappa shape index (κ1) is 135. The van der Waals surface area contributed by atoms with E-state index in [4.69, 9.17) is 0 Å². The third-order valence-electron chi connectivity index (χ3n) is 17.7. The van der Waals surface area contributed by atoms with Crippen molar-refractivity contribution in [2.24, 2.45) is 0 Å². The van der Waals surface area contributed by atoms with Gasteiger partial charge in [0.15, 0.2) is 0 Å². The zero-order valence-corrected chi connectivity index (χ0v) is 90.2. The van der Waals surface area contributed by atoms with Crippen molar-refractivity contribution in [3.8, 4) is 0 Å². The molecule has 0 N–H and O–H groups in total. The van der Waals surface area contributed by atoms with Gasteiger partial charge in [-0.15, -0.1) is 9.24 Å². The molecule has 0 aliphatic carbocycles. The Hall–Kier alpha value is 9.01. The van der Waals surface area contributed by atoms with E-state index in [9.17, 15) is 0 Å². The van der Waals surface area contributed by atoms with Crippen LogP contribution in [0, 0.1) is 0 Å². The summed E-state index contributed by atoms with van der Waals surface area (Å²) in [4.78, 5) is 0. The van der Waals surface area contributed by atoms with Crippen LogP contribution < -0.4 is 177 Å². The predicted octanol–water partition coefficient (Wildman–Crippen LogP) is 17.1. The zero-order valence-electron chi connectivity index (χ0n) is 71.0. The maximum Gasteiger partial charge on any atom is 1.00 e. The number of rotatable bonds is 70. The molecule has 0 amide bonds. The summed E-state index contributed by atoms with van der Waals surface area (Å²) < 4.78 is 0. The van der Waals surface area contributed by atoms with Crippen LogP contribution >= 0.6 is 64.7 Å². The van der Waals surface area contributed by atoms with E-state index in [0.29, 0.717) is 0 Å². The van der Waals surface area contributed by atoms with Crippen LogP contribution in [-0.4, -0.2) is 43.1 Å². The van der Waals surface area contributed by atoms with Crippen molar-refractivity contribution >= 4 is 64.7 Å². The summed E-state index contributed by atoms with van der Waals surface area (Å²) in [5.41, 5.74) is 0. The molecule has 0 aromatic carbocycles. The van der Waals surface area contributed by atoms with Gasteiger partial charge in [0.05, 0.1) is 0 Å². The van der Waals surface area contributed by atoms with Gasteiger partial charge < -0.3 is 55.4 Å². The van der Waals surface area contributed by atoms with Gasteiger partial charge in [0.1, 0.15) is 0 Å². The minimum absolute atomic E-state index is 0. The third-order valence-corrected chi connectivity index (χ3v) is 20.3. The van der Waals surface area contributed by atoms with E-state index in [2.05, 4.69) is 113 Å². The Bertz CT molecular complexity index is 747. The molecule has 560 valence electrons. The van der Waals surface area contributed by atoms with Gasteiger partial charge in [0, 0.05) is 0 Å². The van der Waals surface area contributed by atoms with Gasteiger partial charge in [-0.05, 0) is 12.6 Å². The summed E-state index contributed by atoms with van der Waals surface area (Å²) in [6.45, 7) is 15.9. The SMILES string of the molecule is CCCCCCCCCCCCP.CCCCCCCCCCCC[PH-].CCCCCCCCCCCC[PH-].CCCCCCCCCCCC[PH-].CCCCCCCCCCCC[PH-].CCCCCCCCCCCC[PH-].CCCCCCCCCCCC[PH-].[Na+].[Na+].[Na+].[Na+].[Na+].[Na+]. The Kier molecular flexibility index (Phi) is 214. The minimum Gasteiger partial charge on any atom is -0.558 e. The van der Waals surface area contributed by atoms with Crippen LogP contribution in [0.5, 0.6) is 0 Å². The van der Waals surface area contributed by atoms with E-state index < -0.39 is 0 Å². The van der Waals surface area contributed by atoms with Crippen LogP contribution in [0.2, 0.25) is 0 Å². The molecule has 13 heteroatoms. The Balaban J connectivity index is -0.0000000764. The van der Waals surface area contributed by atoms with Crippen LogP contribution in [0.1, 0.15) is 498 Å². The molecule has 0 saturated carbocycles. The van der Waals surface area contributed by atoms with Crippen molar-refractivity contribution in [3.05, 3.63) is 0 Å². The van der Waals surface area contributed by atoms with Crippen LogP contribution in [0.3, 0.4) is 0 Å².